The lowest BCUT2D eigenvalue weighted by molar-refractivity contribution is 0.0824. The summed E-state index contributed by atoms with van der Waals surface area (Å²) in [6.07, 6.45) is 3.88. The van der Waals surface area contributed by atoms with Crippen LogP contribution in [0.3, 0.4) is 0 Å². The first-order chi connectivity index (χ1) is 7.47. The maximum atomic E-state index is 11.2. The minimum atomic E-state index is -0.875. The molecule has 0 spiro atoms. The highest BCUT2D eigenvalue weighted by Crippen LogP contribution is 2.36. The first-order valence-corrected chi connectivity index (χ1v) is 6.11. The molecule has 1 aliphatic carbocycles. The summed E-state index contributed by atoms with van der Waals surface area (Å²) in [5, 5.41) is 9.17. The molecule has 16 heavy (non-hydrogen) atoms. The van der Waals surface area contributed by atoms with Crippen molar-refractivity contribution in [1.82, 2.24) is 4.90 Å². The van der Waals surface area contributed by atoms with Crippen LogP contribution in [0.15, 0.2) is 12.8 Å². The normalized spacial score (nSPS) is 30.1. The lowest BCUT2D eigenvalue weighted by atomic mass is 9.73. The molecule has 92 valence electrons. The largest absolute Gasteiger partial charge is 0.465 e. The van der Waals surface area contributed by atoms with Crippen LogP contribution in [0.5, 0.6) is 0 Å². The molecule has 3 unspecified atom stereocenters. The first-order valence-electron chi connectivity index (χ1n) is 6.11. The molecule has 0 aromatic rings. The zero-order chi connectivity index (χ0) is 12.3. The first kappa shape index (κ1) is 13.1. The molecule has 0 aliphatic heterocycles. The molecule has 0 aromatic heterocycles. The quantitative estimate of drug-likeness (QED) is 0.797. The summed E-state index contributed by atoms with van der Waals surface area (Å²) in [6.45, 7) is 10.2. The molecule has 1 saturated carbocycles. The zero-order valence-electron chi connectivity index (χ0n) is 10.5. The lowest BCUT2D eigenvalue weighted by Crippen LogP contribution is -2.45. The van der Waals surface area contributed by atoms with Gasteiger partial charge in [-0.3, -0.25) is 4.90 Å². The Morgan fingerprint density at radius 1 is 1.50 bits per heavy atom. The minimum absolute atomic E-state index is 0.110. The molecule has 3 atom stereocenters. The third kappa shape index (κ3) is 2.77. The Balaban J connectivity index is 2.85. The standard InChI is InChI=1S/C13H23NO2/c1-5-14(13(15)16)12-8-10(4)6-7-11(12)9(2)3/h5,9-12H,1,6-8H2,2-4H3,(H,15,16). The number of carbonyl (C=O) groups is 1. The molecule has 0 radical (unpaired) electrons. The maximum Gasteiger partial charge on any atom is 0.411 e. The molecule has 3 heteroatoms. The number of amides is 1. The minimum Gasteiger partial charge on any atom is -0.465 e. The summed E-state index contributed by atoms with van der Waals surface area (Å²) in [5.41, 5.74) is 0. The number of hydrogen-bond donors (Lipinski definition) is 1. The van der Waals surface area contributed by atoms with Gasteiger partial charge >= 0.3 is 6.09 Å². The summed E-state index contributed by atoms with van der Waals surface area (Å²) >= 11 is 0. The van der Waals surface area contributed by atoms with Crippen LogP contribution in [0.2, 0.25) is 0 Å². The molecule has 1 amide bonds. The number of rotatable bonds is 3. The van der Waals surface area contributed by atoms with Crippen LogP contribution in [0.4, 0.5) is 4.79 Å². The molecule has 3 nitrogen and oxygen atoms in total. The van der Waals surface area contributed by atoms with Crippen molar-refractivity contribution < 1.29 is 9.90 Å². The Labute approximate surface area is 98.1 Å². The van der Waals surface area contributed by atoms with Gasteiger partial charge in [0.15, 0.2) is 0 Å². The molecule has 0 heterocycles. The van der Waals surface area contributed by atoms with Crippen molar-refractivity contribution in [3.05, 3.63) is 12.8 Å². The van der Waals surface area contributed by atoms with Crippen LogP contribution in [-0.2, 0) is 0 Å². The molecule has 1 rings (SSSR count). The van der Waals surface area contributed by atoms with E-state index in [4.69, 9.17) is 5.11 Å². The van der Waals surface area contributed by atoms with Gasteiger partial charge in [0.2, 0.25) is 0 Å². The third-order valence-corrected chi connectivity index (χ3v) is 3.76. The van der Waals surface area contributed by atoms with E-state index in [0.717, 1.165) is 12.8 Å². The van der Waals surface area contributed by atoms with E-state index in [9.17, 15) is 4.79 Å². The second-order valence-electron chi connectivity index (χ2n) is 5.27. The average molecular weight is 225 g/mol. The fraction of sp³-hybridized carbons (Fsp3) is 0.769. The average Bonchev–Trinajstić information content (AvgIpc) is 2.17. The second-order valence-corrected chi connectivity index (χ2v) is 5.27. The summed E-state index contributed by atoms with van der Waals surface area (Å²) in [4.78, 5) is 12.6. The van der Waals surface area contributed by atoms with Gasteiger partial charge in [-0.25, -0.2) is 4.79 Å². The topological polar surface area (TPSA) is 40.5 Å². The van der Waals surface area contributed by atoms with Crippen molar-refractivity contribution in [2.45, 2.75) is 46.1 Å². The van der Waals surface area contributed by atoms with Gasteiger partial charge in [-0.1, -0.05) is 33.8 Å². The summed E-state index contributed by atoms with van der Waals surface area (Å²) in [5.74, 6) is 1.60. The maximum absolute atomic E-state index is 11.2. The summed E-state index contributed by atoms with van der Waals surface area (Å²) in [6, 6.07) is 0.110. The fourth-order valence-electron chi connectivity index (χ4n) is 2.83. The Morgan fingerprint density at radius 2 is 2.12 bits per heavy atom. The van der Waals surface area contributed by atoms with E-state index in [0.29, 0.717) is 17.8 Å². The Bertz CT molecular complexity index is 263. The molecule has 1 fully saturated rings. The molecule has 0 bridgehead atoms. The number of hydrogen-bond acceptors (Lipinski definition) is 1. The monoisotopic (exact) mass is 225 g/mol. The van der Waals surface area contributed by atoms with Gasteiger partial charge in [0.1, 0.15) is 0 Å². The smallest absolute Gasteiger partial charge is 0.411 e. The van der Waals surface area contributed by atoms with E-state index in [-0.39, 0.29) is 6.04 Å². The van der Waals surface area contributed by atoms with E-state index < -0.39 is 6.09 Å². The van der Waals surface area contributed by atoms with E-state index in [1.165, 1.54) is 17.5 Å². The molecular formula is C13H23NO2. The van der Waals surface area contributed by atoms with Crippen molar-refractivity contribution in [3.8, 4) is 0 Å². The van der Waals surface area contributed by atoms with Gasteiger partial charge in [-0.05, 0) is 30.6 Å². The van der Waals surface area contributed by atoms with Crippen molar-refractivity contribution in [1.29, 1.82) is 0 Å². The highest BCUT2D eigenvalue weighted by Gasteiger charge is 2.35. The molecular weight excluding hydrogens is 202 g/mol. The van der Waals surface area contributed by atoms with Crippen LogP contribution in [-0.4, -0.2) is 22.1 Å². The zero-order valence-corrected chi connectivity index (χ0v) is 10.5. The van der Waals surface area contributed by atoms with Gasteiger partial charge in [0.05, 0.1) is 0 Å². The van der Waals surface area contributed by atoms with E-state index in [2.05, 4.69) is 27.4 Å². The van der Waals surface area contributed by atoms with Gasteiger partial charge in [-0.2, -0.15) is 0 Å². The Kier molecular flexibility index (Phi) is 4.39. The number of carboxylic acid groups (broad SMARTS) is 1. The molecule has 0 aromatic carbocycles. The van der Waals surface area contributed by atoms with Gasteiger partial charge in [-0.15, -0.1) is 0 Å². The van der Waals surface area contributed by atoms with Crippen LogP contribution in [0.1, 0.15) is 40.0 Å². The van der Waals surface area contributed by atoms with E-state index in [1.54, 1.807) is 0 Å². The van der Waals surface area contributed by atoms with E-state index in [1.807, 2.05) is 0 Å². The van der Waals surface area contributed by atoms with E-state index >= 15 is 0 Å². The fourth-order valence-corrected chi connectivity index (χ4v) is 2.83. The predicted octanol–water partition coefficient (Wildman–Crippen LogP) is 3.57. The predicted molar refractivity (Wildman–Crippen MR) is 65.2 cm³/mol. The number of nitrogens with zero attached hydrogens (tertiary/aromatic N) is 1. The van der Waals surface area contributed by atoms with Crippen LogP contribution in [0, 0.1) is 17.8 Å². The molecule has 0 saturated heterocycles. The van der Waals surface area contributed by atoms with Crippen molar-refractivity contribution in [2.75, 3.05) is 0 Å². The van der Waals surface area contributed by atoms with Crippen LogP contribution < -0.4 is 0 Å². The second kappa shape index (κ2) is 5.37. The highest BCUT2D eigenvalue weighted by atomic mass is 16.4. The SMILES string of the molecule is C=CN(C(=O)O)C1CC(C)CCC1C(C)C. The third-order valence-electron chi connectivity index (χ3n) is 3.76. The van der Waals surface area contributed by atoms with Crippen molar-refractivity contribution in [3.63, 3.8) is 0 Å². The Hall–Kier alpha value is -0.990. The van der Waals surface area contributed by atoms with Crippen molar-refractivity contribution >= 4 is 6.09 Å². The van der Waals surface area contributed by atoms with Crippen LogP contribution >= 0.6 is 0 Å². The molecule has 1 N–H and O–H groups in total. The Morgan fingerprint density at radius 3 is 2.56 bits per heavy atom. The van der Waals surface area contributed by atoms with Gasteiger partial charge < -0.3 is 5.11 Å². The van der Waals surface area contributed by atoms with Crippen LogP contribution in [0.25, 0.3) is 0 Å². The van der Waals surface area contributed by atoms with Gasteiger partial charge in [0.25, 0.3) is 0 Å². The van der Waals surface area contributed by atoms with Crippen molar-refractivity contribution in [2.24, 2.45) is 17.8 Å². The summed E-state index contributed by atoms with van der Waals surface area (Å²) in [7, 11) is 0. The highest BCUT2D eigenvalue weighted by molar-refractivity contribution is 5.66. The lowest BCUT2D eigenvalue weighted by Gasteiger charge is -2.41. The molecule has 1 aliphatic rings. The summed E-state index contributed by atoms with van der Waals surface area (Å²) < 4.78 is 0. The van der Waals surface area contributed by atoms with Gasteiger partial charge in [0, 0.05) is 12.2 Å².